The summed E-state index contributed by atoms with van der Waals surface area (Å²) >= 11 is 0. The molecule has 0 atom stereocenters. The average Bonchev–Trinajstić information content (AvgIpc) is 3.52. The summed E-state index contributed by atoms with van der Waals surface area (Å²) in [5.41, 5.74) is 2.39. The quantitative estimate of drug-likeness (QED) is 0.109. The van der Waals surface area contributed by atoms with E-state index in [9.17, 15) is 22.6 Å². The van der Waals surface area contributed by atoms with Gasteiger partial charge in [0.2, 0.25) is 0 Å². The van der Waals surface area contributed by atoms with Gasteiger partial charge in [0.15, 0.2) is 11.5 Å². The van der Waals surface area contributed by atoms with E-state index in [2.05, 4.69) is 9.17 Å². The van der Waals surface area contributed by atoms with Crippen molar-refractivity contribution in [3.8, 4) is 17.2 Å². The second-order valence-corrected chi connectivity index (χ2v) is 10.5. The summed E-state index contributed by atoms with van der Waals surface area (Å²) in [7, 11) is -3.59. The number of aromatic amines is 1. The lowest BCUT2D eigenvalue weighted by molar-refractivity contribution is 0.0516. The first-order valence-electron chi connectivity index (χ1n) is 13.6. The Morgan fingerprint density at radius 1 is 0.886 bits per heavy atom. The molecule has 3 aromatic carbocycles. The third kappa shape index (κ3) is 6.48. The molecule has 0 aliphatic rings. The number of fused-ring (bicyclic) bond motifs is 2. The van der Waals surface area contributed by atoms with Gasteiger partial charge >= 0.3 is 11.9 Å². The van der Waals surface area contributed by atoms with Crippen molar-refractivity contribution in [3.05, 3.63) is 88.8 Å². The summed E-state index contributed by atoms with van der Waals surface area (Å²) in [6.45, 7) is 3.40. The predicted octanol–water partition coefficient (Wildman–Crippen LogP) is 5.28. The molecule has 0 spiro atoms. The lowest BCUT2D eigenvalue weighted by Crippen LogP contribution is -2.10. The third-order valence-electron chi connectivity index (χ3n) is 6.63. The molecule has 2 aromatic heterocycles. The zero-order valence-corrected chi connectivity index (χ0v) is 24.8. The van der Waals surface area contributed by atoms with E-state index in [0.717, 1.165) is 5.56 Å². The number of carbonyl (C=O) groups is 2. The Morgan fingerprint density at radius 2 is 1.59 bits per heavy atom. The Morgan fingerprint density at radius 3 is 2.25 bits per heavy atom. The van der Waals surface area contributed by atoms with Crippen LogP contribution in [0.5, 0.6) is 17.2 Å². The van der Waals surface area contributed by atoms with Crippen LogP contribution < -0.4 is 13.7 Å². The minimum Gasteiger partial charge on any atom is -0.716 e. The second-order valence-electron chi connectivity index (χ2n) is 9.47. The monoisotopic (exact) mass is 622 g/mol. The van der Waals surface area contributed by atoms with Gasteiger partial charge in [-0.1, -0.05) is 30.3 Å². The van der Waals surface area contributed by atoms with Gasteiger partial charge in [-0.05, 0) is 43.7 Å². The minimum absolute atomic E-state index is 0.0660. The number of aromatic nitrogens is 1. The first kappa shape index (κ1) is 30.4. The molecule has 0 fully saturated rings. The van der Waals surface area contributed by atoms with Crippen LogP contribution in [0, 0.1) is 0 Å². The zero-order chi connectivity index (χ0) is 31.4. The van der Waals surface area contributed by atoms with E-state index in [1.165, 1.54) is 25.3 Å². The smallest absolute Gasteiger partial charge is 0.342 e. The number of furan rings is 1. The van der Waals surface area contributed by atoms with E-state index in [1.54, 1.807) is 26.0 Å². The highest BCUT2D eigenvalue weighted by Gasteiger charge is 2.26. The first-order valence-corrected chi connectivity index (χ1v) is 14.9. The molecule has 1 N–H and O–H groups in total. The third-order valence-corrected chi connectivity index (χ3v) is 7.03. The molecule has 0 aliphatic carbocycles. The first-order chi connectivity index (χ1) is 21.1. The maximum absolute atomic E-state index is 13.1. The van der Waals surface area contributed by atoms with Crippen LogP contribution in [0.1, 0.15) is 51.6 Å². The lowest BCUT2D eigenvalue weighted by Gasteiger charge is -2.12. The van der Waals surface area contributed by atoms with Crippen LogP contribution in [0.4, 0.5) is 0 Å². The Kier molecular flexibility index (Phi) is 8.78. The summed E-state index contributed by atoms with van der Waals surface area (Å²) in [6.07, 6.45) is 0.347. The minimum atomic E-state index is -5.04. The van der Waals surface area contributed by atoms with Crippen molar-refractivity contribution in [2.75, 3.05) is 20.3 Å². The number of nitrogens with one attached hydrogen (secondary N) is 1. The molecule has 0 saturated carbocycles. The van der Waals surface area contributed by atoms with Gasteiger partial charge in [-0.25, -0.2) is 18.0 Å². The highest BCUT2D eigenvalue weighted by molar-refractivity contribution is 7.81. The van der Waals surface area contributed by atoms with Gasteiger partial charge in [-0.3, -0.25) is 0 Å². The maximum Gasteiger partial charge on any atom is 0.342 e. The Labute approximate surface area is 252 Å². The van der Waals surface area contributed by atoms with Crippen LogP contribution >= 0.6 is 0 Å². The topological polar surface area (TPSA) is 166 Å². The second kappa shape index (κ2) is 12.7. The number of H-pyrrole nitrogens is 1. The van der Waals surface area contributed by atoms with Crippen LogP contribution in [0.3, 0.4) is 0 Å². The molecule has 0 amide bonds. The van der Waals surface area contributed by atoms with Gasteiger partial charge in [0.25, 0.3) is 10.4 Å². The lowest BCUT2D eigenvalue weighted by atomic mass is 10.0. The number of hydrogen-bond acceptors (Lipinski definition) is 11. The molecule has 0 bridgehead atoms. The van der Waals surface area contributed by atoms with E-state index in [4.69, 9.17) is 23.4 Å². The van der Waals surface area contributed by atoms with Gasteiger partial charge in [0, 0.05) is 28.8 Å². The highest BCUT2D eigenvalue weighted by Crippen LogP contribution is 2.38. The number of ether oxygens (including phenoxy) is 4. The van der Waals surface area contributed by atoms with Crippen molar-refractivity contribution in [2.45, 2.75) is 26.9 Å². The van der Waals surface area contributed by atoms with Crippen molar-refractivity contribution in [3.63, 3.8) is 0 Å². The molecule has 2 heterocycles. The number of benzene rings is 3. The van der Waals surface area contributed by atoms with Gasteiger partial charge < -0.3 is 37.1 Å². The molecule has 230 valence electrons. The van der Waals surface area contributed by atoms with Crippen molar-refractivity contribution in [1.82, 2.24) is 4.98 Å². The molecular weight excluding hydrogens is 594 g/mol. The standard InChI is InChI=1S/C31H29NO11S/c1-4-39-30(33)28-20-14-19(43-44(35,36)37)11-12-22(20)32-23(28)17-41-26-15-21-24(16-25(26)38-3)42-27(29(21)31(34)40-5-2)13-18-9-7-6-8-10-18/h6-12,14-16,32H,4-5,13,17H2,1-3H3,(H,35,36,37)/p-1. The molecule has 12 nitrogen and oxygen atoms in total. The number of methoxy groups -OCH3 is 1. The highest BCUT2D eigenvalue weighted by atomic mass is 32.3. The van der Waals surface area contributed by atoms with E-state index < -0.39 is 22.3 Å². The molecule has 0 saturated heterocycles. The fourth-order valence-electron chi connectivity index (χ4n) is 4.85. The van der Waals surface area contributed by atoms with Crippen molar-refractivity contribution in [1.29, 1.82) is 0 Å². The Hall–Kier alpha value is -5.01. The molecule has 44 heavy (non-hydrogen) atoms. The number of carbonyl (C=O) groups excluding carboxylic acids is 2. The Balaban J connectivity index is 1.55. The van der Waals surface area contributed by atoms with E-state index >= 15 is 0 Å². The summed E-state index contributed by atoms with van der Waals surface area (Å²) in [5, 5.41) is 0.712. The van der Waals surface area contributed by atoms with Gasteiger partial charge in [0.05, 0.1) is 31.6 Å². The summed E-state index contributed by atoms with van der Waals surface area (Å²) in [4.78, 5) is 29.1. The molecule has 0 radical (unpaired) electrons. The van der Waals surface area contributed by atoms with Gasteiger partial charge in [0.1, 0.15) is 29.3 Å². The molecule has 5 aromatic rings. The van der Waals surface area contributed by atoms with Crippen molar-refractivity contribution >= 4 is 44.2 Å². The molecular formula is C31H28NO11S-. The summed E-state index contributed by atoms with van der Waals surface area (Å²) < 4.78 is 66.2. The van der Waals surface area contributed by atoms with Crippen LogP contribution in [0.25, 0.3) is 21.9 Å². The van der Waals surface area contributed by atoms with Crippen LogP contribution in [0.15, 0.2) is 65.1 Å². The SMILES string of the molecule is CCOC(=O)c1c(COc2cc3c(C(=O)OCC)c(Cc4ccccc4)oc3cc2OC)[nH]c2ccc(OS(=O)(=O)[O-])cc12. The van der Waals surface area contributed by atoms with Crippen molar-refractivity contribution in [2.24, 2.45) is 0 Å². The Bertz CT molecular complexity index is 1940. The number of rotatable bonds is 12. The van der Waals surface area contributed by atoms with Crippen LogP contribution in [-0.2, 0) is 32.9 Å². The predicted molar refractivity (Wildman–Crippen MR) is 157 cm³/mol. The normalized spacial score (nSPS) is 11.5. The number of hydrogen-bond donors (Lipinski definition) is 1. The molecule has 13 heteroatoms. The molecule has 5 rings (SSSR count). The number of esters is 2. The maximum atomic E-state index is 13.1. The van der Waals surface area contributed by atoms with Gasteiger partial charge in [-0.15, -0.1) is 0 Å². The zero-order valence-electron chi connectivity index (χ0n) is 24.0. The van der Waals surface area contributed by atoms with Crippen molar-refractivity contribution < 1.29 is 50.1 Å². The van der Waals surface area contributed by atoms with E-state index in [-0.39, 0.29) is 47.8 Å². The largest absolute Gasteiger partial charge is 0.716 e. The summed E-state index contributed by atoms with van der Waals surface area (Å²) in [5.74, 6) is -0.555. The van der Waals surface area contributed by atoms with Crippen LogP contribution in [-0.4, -0.2) is 50.2 Å². The molecule has 0 aliphatic heterocycles. The average molecular weight is 623 g/mol. The molecule has 0 unspecified atom stereocenters. The van der Waals surface area contributed by atoms with Gasteiger partial charge in [-0.2, -0.15) is 0 Å². The fraction of sp³-hybridized carbons (Fsp3) is 0.226. The fourth-order valence-corrected chi connectivity index (χ4v) is 5.19. The van der Waals surface area contributed by atoms with E-state index in [1.807, 2.05) is 30.3 Å². The summed E-state index contributed by atoms with van der Waals surface area (Å²) in [6, 6.07) is 16.7. The van der Waals surface area contributed by atoms with E-state index in [0.29, 0.717) is 40.1 Å². The van der Waals surface area contributed by atoms with Crippen LogP contribution in [0.2, 0.25) is 0 Å².